The van der Waals surface area contributed by atoms with Crippen LogP contribution in [0.4, 0.5) is 5.00 Å². The van der Waals surface area contributed by atoms with E-state index in [9.17, 15) is 14.9 Å². The van der Waals surface area contributed by atoms with Gasteiger partial charge in [0.15, 0.2) is 0 Å². The van der Waals surface area contributed by atoms with E-state index in [0.29, 0.717) is 35.9 Å². The molecule has 1 heterocycles. The summed E-state index contributed by atoms with van der Waals surface area (Å²) in [4.78, 5) is 24.9. The van der Waals surface area contributed by atoms with Gasteiger partial charge in [-0.3, -0.25) is 4.79 Å². The third-order valence-electron chi connectivity index (χ3n) is 5.27. The molecule has 2 aliphatic carbocycles. The standard InChI is InChI=1S/C18H22N2O3S/c1-3-23-17(22)15-13-7-8-18(10-19,12-5-4-6-12)9-14(13)24-16(15)20-11(2)21/h12H,3-9H2,1-2H3,(H,20,21). The normalized spacial score (nSPS) is 22.9. The van der Waals surface area contributed by atoms with Gasteiger partial charge in [0, 0.05) is 18.2 Å². The first kappa shape index (κ1) is 17.0. The molecule has 6 heteroatoms. The first-order valence-electron chi connectivity index (χ1n) is 8.51. The molecule has 1 unspecified atom stereocenters. The van der Waals surface area contributed by atoms with Crippen LogP contribution in [0.2, 0.25) is 0 Å². The Morgan fingerprint density at radius 3 is 2.75 bits per heavy atom. The highest BCUT2D eigenvalue weighted by Gasteiger charge is 2.46. The molecule has 128 valence electrons. The maximum Gasteiger partial charge on any atom is 0.341 e. The molecule has 2 aliphatic rings. The Labute approximate surface area is 146 Å². The molecule has 0 saturated heterocycles. The maximum absolute atomic E-state index is 12.4. The second-order valence-corrected chi connectivity index (χ2v) is 7.79. The van der Waals surface area contributed by atoms with Crippen LogP contribution < -0.4 is 5.32 Å². The van der Waals surface area contributed by atoms with E-state index in [1.54, 1.807) is 6.92 Å². The number of hydrogen-bond acceptors (Lipinski definition) is 5. The number of esters is 1. The van der Waals surface area contributed by atoms with Gasteiger partial charge in [-0.25, -0.2) is 4.79 Å². The molecule has 24 heavy (non-hydrogen) atoms. The Morgan fingerprint density at radius 1 is 1.46 bits per heavy atom. The van der Waals surface area contributed by atoms with Crippen LogP contribution in [0.25, 0.3) is 0 Å². The Hall–Kier alpha value is -1.87. The molecule has 0 spiro atoms. The van der Waals surface area contributed by atoms with Crippen molar-refractivity contribution in [3.63, 3.8) is 0 Å². The van der Waals surface area contributed by atoms with E-state index in [-0.39, 0.29) is 17.3 Å². The predicted molar refractivity (Wildman–Crippen MR) is 92.0 cm³/mol. The number of fused-ring (bicyclic) bond motifs is 1. The fourth-order valence-corrected chi connectivity index (χ4v) is 5.21. The lowest BCUT2D eigenvalue weighted by molar-refractivity contribution is -0.114. The Bertz CT molecular complexity index is 715. The lowest BCUT2D eigenvalue weighted by Gasteiger charge is -2.42. The van der Waals surface area contributed by atoms with Crippen molar-refractivity contribution >= 4 is 28.2 Å². The summed E-state index contributed by atoms with van der Waals surface area (Å²) in [5, 5.41) is 13.1. The van der Waals surface area contributed by atoms with Gasteiger partial charge in [-0.15, -0.1) is 11.3 Å². The van der Waals surface area contributed by atoms with E-state index in [2.05, 4.69) is 11.4 Å². The smallest absolute Gasteiger partial charge is 0.341 e. The van der Waals surface area contributed by atoms with Gasteiger partial charge in [0.05, 0.1) is 23.7 Å². The number of ether oxygens (including phenoxy) is 1. The van der Waals surface area contributed by atoms with Gasteiger partial charge < -0.3 is 10.1 Å². The van der Waals surface area contributed by atoms with Crippen molar-refractivity contribution in [3.8, 4) is 6.07 Å². The summed E-state index contributed by atoms with van der Waals surface area (Å²) >= 11 is 1.43. The largest absolute Gasteiger partial charge is 0.462 e. The minimum atomic E-state index is -0.383. The van der Waals surface area contributed by atoms with Crippen molar-refractivity contribution in [2.45, 2.75) is 52.4 Å². The third-order valence-corrected chi connectivity index (χ3v) is 6.41. The van der Waals surface area contributed by atoms with E-state index < -0.39 is 0 Å². The quantitative estimate of drug-likeness (QED) is 0.843. The summed E-state index contributed by atoms with van der Waals surface area (Å²) in [6.07, 6.45) is 5.61. The van der Waals surface area contributed by atoms with Crippen molar-refractivity contribution < 1.29 is 14.3 Å². The van der Waals surface area contributed by atoms with Gasteiger partial charge in [-0.1, -0.05) is 6.42 Å². The van der Waals surface area contributed by atoms with Crippen LogP contribution in [0.1, 0.15) is 60.3 Å². The number of nitrogens with zero attached hydrogens (tertiary/aromatic N) is 1. The van der Waals surface area contributed by atoms with Crippen LogP contribution in [0.3, 0.4) is 0 Å². The molecule has 0 aliphatic heterocycles. The Morgan fingerprint density at radius 2 is 2.21 bits per heavy atom. The fraction of sp³-hybridized carbons (Fsp3) is 0.611. The monoisotopic (exact) mass is 346 g/mol. The second kappa shape index (κ2) is 6.56. The molecule has 0 radical (unpaired) electrons. The lowest BCUT2D eigenvalue weighted by Crippen LogP contribution is -2.38. The summed E-state index contributed by atoms with van der Waals surface area (Å²) < 4.78 is 5.18. The van der Waals surface area contributed by atoms with Crippen LogP contribution in [-0.2, 0) is 22.4 Å². The zero-order valence-corrected chi connectivity index (χ0v) is 14.9. The summed E-state index contributed by atoms with van der Waals surface area (Å²) in [6, 6.07) is 2.59. The number of nitrogens with one attached hydrogen (secondary N) is 1. The van der Waals surface area contributed by atoms with Crippen LogP contribution in [0.15, 0.2) is 0 Å². The molecule has 1 atom stereocenters. The molecule has 5 nitrogen and oxygen atoms in total. The highest BCUT2D eigenvalue weighted by molar-refractivity contribution is 7.17. The lowest BCUT2D eigenvalue weighted by atomic mass is 9.60. The van der Waals surface area contributed by atoms with Crippen molar-refractivity contribution in [1.29, 1.82) is 5.26 Å². The minimum Gasteiger partial charge on any atom is -0.462 e. The van der Waals surface area contributed by atoms with Crippen LogP contribution in [0, 0.1) is 22.7 Å². The van der Waals surface area contributed by atoms with Crippen molar-refractivity contribution in [3.05, 3.63) is 16.0 Å². The fourth-order valence-electron chi connectivity index (χ4n) is 3.81. The number of rotatable bonds is 4. The van der Waals surface area contributed by atoms with Crippen LogP contribution in [-0.4, -0.2) is 18.5 Å². The number of carbonyl (C=O) groups is 2. The molecule has 1 aromatic heterocycles. The van der Waals surface area contributed by atoms with Gasteiger partial charge in [0.25, 0.3) is 0 Å². The molecule has 1 saturated carbocycles. The SMILES string of the molecule is CCOC(=O)c1c(NC(C)=O)sc2c1CCC(C#N)(C1CCC1)C2. The topological polar surface area (TPSA) is 79.2 Å². The van der Waals surface area contributed by atoms with E-state index in [0.717, 1.165) is 29.7 Å². The summed E-state index contributed by atoms with van der Waals surface area (Å²) in [6.45, 7) is 3.50. The third kappa shape index (κ3) is 2.82. The van der Waals surface area contributed by atoms with E-state index >= 15 is 0 Å². The Kier molecular flexibility index (Phi) is 4.64. The molecule has 1 amide bonds. The zero-order chi connectivity index (χ0) is 17.3. The van der Waals surface area contributed by atoms with Crippen LogP contribution in [0.5, 0.6) is 0 Å². The number of thiophene rings is 1. The number of amides is 1. The number of anilines is 1. The summed E-state index contributed by atoms with van der Waals surface area (Å²) in [5.74, 6) is -0.121. The predicted octanol–water partition coefficient (Wildman–Crippen LogP) is 3.68. The van der Waals surface area contributed by atoms with Gasteiger partial charge in [-0.2, -0.15) is 5.26 Å². The molecule has 1 aromatic rings. The second-order valence-electron chi connectivity index (χ2n) is 6.68. The number of hydrogen-bond donors (Lipinski definition) is 1. The molecule has 3 rings (SSSR count). The van der Waals surface area contributed by atoms with Crippen LogP contribution >= 0.6 is 11.3 Å². The molecule has 1 N–H and O–H groups in total. The van der Waals surface area contributed by atoms with Crippen molar-refractivity contribution in [2.75, 3.05) is 11.9 Å². The molecule has 0 bridgehead atoms. The van der Waals surface area contributed by atoms with E-state index in [1.165, 1.54) is 24.7 Å². The molecule has 0 aromatic carbocycles. The van der Waals surface area contributed by atoms with Gasteiger partial charge >= 0.3 is 5.97 Å². The molecular weight excluding hydrogens is 324 g/mol. The average molecular weight is 346 g/mol. The maximum atomic E-state index is 12.4. The minimum absolute atomic E-state index is 0.204. The molecule has 1 fully saturated rings. The van der Waals surface area contributed by atoms with Gasteiger partial charge in [0.1, 0.15) is 5.00 Å². The number of carbonyl (C=O) groups excluding carboxylic acids is 2. The Balaban J connectivity index is 1.98. The highest BCUT2D eigenvalue weighted by Crippen LogP contribution is 2.52. The number of nitriles is 1. The zero-order valence-electron chi connectivity index (χ0n) is 14.1. The summed E-state index contributed by atoms with van der Waals surface area (Å²) in [5.41, 5.74) is 1.15. The first-order valence-corrected chi connectivity index (χ1v) is 9.33. The van der Waals surface area contributed by atoms with E-state index in [4.69, 9.17) is 4.74 Å². The van der Waals surface area contributed by atoms with E-state index in [1.807, 2.05) is 0 Å². The summed E-state index contributed by atoms with van der Waals surface area (Å²) in [7, 11) is 0. The molecular formula is C18H22N2O3S. The van der Waals surface area contributed by atoms with Crippen molar-refractivity contribution in [2.24, 2.45) is 11.3 Å². The highest BCUT2D eigenvalue weighted by atomic mass is 32.1. The average Bonchev–Trinajstić information content (AvgIpc) is 2.81. The van der Waals surface area contributed by atoms with Crippen molar-refractivity contribution in [1.82, 2.24) is 0 Å². The first-order chi connectivity index (χ1) is 11.5. The van der Waals surface area contributed by atoms with Gasteiger partial charge in [-0.05, 0) is 44.1 Å². The van der Waals surface area contributed by atoms with Gasteiger partial charge in [0.2, 0.25) is 5.91 Å².